The first-order valence-electron chi connectivity index (χ1n) is 10.1. The SMILES string of the molecule is COc1ccc(-c2noc([C@@H]3CCCN(S(=O)(=O)c4ccc([N+](=O)[O-])cc4)C3)n2)cc1OC. The van der Waals surface area contributed by atoms with Gasteiger partial charge in [-0.1, -0.05) is 5.16 Å². The van der Waals surface area contributed by atoms with Crippen molar-refractivity contribution in [3.8, 4) is 22.9 Å². The van der Waals surface area contributed by atoms with Crippen LogP contribution in [0.2, 0.25) is 0 Å². The number of methoxy groups -OCH3 is 2. The van der Waals surface area contributed by atoms with Crippen molar-refractivity contribution < 1.29 is 27.3 Å². The number of benzene rings is 2. The van der Waals surface area contributed by atoms with Gasteiger partial charge in [0.1, 0.15) is 0 Å². The van der Waals surface area contributed by atoms with Crippen LogP contribution >= 0.6 is 0 Å². The second-order valence-electron chi connectivity index (χ2n) is 7.48. The first-order valence-corrected chi connectivity index (χ1v) is 11.6. The Labute approximate surface area is 190 Å². The summed E-state index contributed by atoms with van der Waals surface area (Å²) in [7, 11) is -0.739. The highest BCUT2D eigenvalue weighted by Crippen LogP contribution is 2.34. The molecule has 1 atom stereocenters. The Balaban J connectivity index is 1.53. The van der Waals surface area contributed by atoms with Crippen molar-refractivity contribution in [1.29, 1.82) is 0 Å². The van der Waals surface area contributed by atoms with E-state index in [1.54, 1.807) is 25.3 Å². The fourth-order valence-corrected chi connectivity index (χ4v) is 5.27. The van der Waals surface area contributed by atoms with Crippen molar-refractivity contribution in [2.24, 2.45) is 0 Å². The maximum Gasteiger partial charge on any atom is 0.269 e. The van der Waals surface area contributed by atoms with Gasteiger partial charge in [-0.3, -0.25) is 10.1 Å². The van der Waals surface area contributed by atoms with Crippen molar-refractivity contribution in [3.05, 3.63) is 58.5 Å². The highest BCUT2D eigenvalue weighted by molar-refractivity contribution is 7.89. The molecule has 2 aromatic carbocycles. The lowest BCUT2D eigenvalue weighted by Gasteiger charge is -2.30. The van der Waals surface area contributed by atoms with Crippen LogP contribution in [0, 0.1) is 10.1 Å². The van der Waals surface area contributed by atoms with E-state index >= 15 is 0 Å². The number of non-ortho nitro benzene ring substituents is 1. The number of nitro benzene ring substituents is 1. The number of ether oxygens (including phenoxy) is 2. The molecule has 1 aromatic heterocycles. The summed E-state index contributed by atoms with van der Waals surface area (Å²) in [5.41, 5.74) is 0.507. The van der Waals surface area contributed by atoms with Crippen LogP contribution in [-0.2, 0) is 10.0 Å². The van der Waals surface area contributed by atoms with Crippen molar-refractivity contribution in [1.82, 2.24) is 14.4 Å². The molecule has 11 nitrogen and oxygen atoms in total. The lowest BCUT2D eigenvalue weighted by molar-refractivity contribution is -0.384. The van der Waals surface area contributed by atoms with Crippen molar-refractivity contribution in [3.63, 3.8) is 0 Å². The van der Waals surface area contributed by atoms with Crippen molar-refractivity contribution >= 4 is 15.7 Å². The van der Waals surface area contributed by atoms with Crippen LogP contribution in [0.15, 0.2) is 51.9 Å². The molecule has 4 rings (SSSR count). The summed E-state index contributed by atoms with van der Waals surface area (Å²) in [4.78, 5) is 14.8. The molecule has 0 saturated carbocycles. The summed E-state index contributed by atoms with van der Waals surface area (Å²) in [5, 5.41) is 14.9. The molecule has 1 saturated heterocycles. The molecule has 0 unspecified atom stereocenters. The third kappa shape index (κ3) is 4.52. The van der Waals surface area contributed by atoms with E-state index in [0.29, 0.717) is 48.2 Å². The Morgan fingerprint density at radius 3 is 2.52 bits per heavy atom. The molecule has 1 aliphatic heterocycles. The largest absolute Gasteiger partial charge is 0.493 e. The summed E-state index contributed by atoms with van der Waals surface area (Å²) in [6.45, 7) is 0.513. The molecule has 33 heavy (non-hydrogen) atoms. The minimum atomic E-state index is -3.82. The predicted molar refractivity (Wildman–Crippen MR) is 117 cm³/mol. The zero-order chi connectivity index (χ0) is 23.6. The smallest absolute Gasteiger partial charge is 0.269 e. The molecule has 0 radical (unpaired) electrons. The van der Waals surface area contributed by atoms with Gasteiger partial charge in [0.05, 0.1) is 30.0 Å². The molecule has 0 aliphatic carbocycles. The van der Waals surface area contributed by atoms with E-state index in [9.17, 15) is 18.5 Å². The maximum absolute atomic E-state index is 13.1. The molecule has 1 aliphatic rings. The average Bonchev–Trinajstić information content (AvgIpc) is 3.34. The van der Waals surface area contributed by atoms with E-state index in [0.717, 1.165) is 0 Å². The Kier molecular flexibility index (Phi) is 6.29. The predicted octanol–water partition coefficient (Wildman–Crippen LogP) is 3.23. The van der Waals surface area contributed by atoms with E-state index in [2.05, 4.69) is 10.1 Å². The molecule has 174 valence electrons. The van der Waals surface area contributed by atoms with Crippen molar-refractivity contribution in [2.45, 2.75) is 23.7 Å². The molecule has 2 heterocycles. The molecular formula is C21H22N4O7S. The van der Waals surface area contributed by atoms with Crippen LogP contribution in [0.4, 0.5) is 5.69 Å². The van der Waals surface area contributed by atoms with Gasteiger partial charge in [-0.15, -0.1) is 0 Å². The van der Waals surface area contributed by atoms with E-state index in [4.69, 9.17) is 14.0 Å². The summed E-state index contributed by atoms with van der Waals surface area (Å²) < 4.78 is 43.5. The first-order chi connectivity index (χ1) is 15.8. The van der Waals surface area contributed by atoms with Gasteiger partial charge < -0.3 is 14.0 Å². The zero-order valence-corrected chi connectivity index (χ0v) is 18.8. The molecule has 3 aromatic rings. The quantitative estimate of drug-likeness (QED) is 0.373. The average molecular weight is 474 g/mol. The fraction of sp³-hybridized carbons (Fsp3) is 0.333. The van der Waals surface area contributed by atoms with E-state index in [1.807, 2.05) is 0 Å². The van der Waals surface area contributed by atoms with Crippen LogP contribution in [0.25, 0.3) is 11.4 Å². The van der Waals surface area contributed by atoms with Gasteiger partial charge in [0.25, 0.3) is 5.69 Å². The minimum Gasteiger partial charge on any atom is -0.493 e. The van der Waals surface area contributed by atoms with E-state index < -0.39 is 14.9 Å². The van der Waals surface area contributed by atoms with Crippen LogP contribution in [0.1, 0.15) is 24.7 Å². The zero-order valence-electron chi connectivity index (χ0n) is 18.0. The fourth-order valence-electron chi connectivity index (χ4n) is 3.74. The van der Waals surface area contributed by atoms with E-state index in [-0.39, 0.29) is 23.0 Å². The van der Waals surface area contributed by atoms with Crippen LogP contribution in [0.3, 0.4) is 0 Å². The highest BCUT2D eigenvalue weighted by atomic mass is 32.2. The van der Waals surface area contributed by atoms with E-state index in [1.165, 1.54) is 35.7 Å². The Hall–Kier alpha value is -3.51. The number of piperidine rings is 1. The van der Waals surface area contributed by atoms with Gasteiger partial charge in [0, 0.05) is 30.8 Å². The summed E-state index contributed by atoms with van der Waals surface area (Å²) in [5.74, 6) is 1.54. The number of aromatic nitrogens is 2. The first kappa shape index (κ1) is 22.7. The summed E-state index contributed by atoms with van der Waals surface area (Å²) in [6.07, 6.45) is 1.31. The van der Waals surface area contributed by atoms with Gasteiger partial charge in [-0.25, -0.2) is 8.42 Å². The second kappa shape index (κ2) is 9.16. The molecule has 0 N–H and O–H groups in total. The molecule has 0 spiro atoms. The lowest BCUT2D eigenvalue weighted by atomic mass is 10.00. The number of nitrogens with zero attached hydrogens (tertiary/aromatic N) is 4. The number of hydrogen-bond donors (Lipinski definition) is 0. The Morgan fingerprint density at radius 1 is 1.12 bits per heavy atom. The third-order valence-electron chi connectivity index (χ3n) is 5.50. The number of sulfonamides is 1. The molecule has 0 amide bonds. The third-order valence-corrected chi connectivity index (χ3v) is 7.38. The monoisotopic (exact) mass is 474 g/mol. The molecule has 1 fully saturated rings. The topological polar surface area (TPSA) is 138 Å². The van der Waals surface area contributed by atoms with Crippen LogP contribution < -0.4 is 9.47 Å². The summed E-state index contributed by atoms with van der Waals surface area (Å²) >= 11 is 0. The van der Waals surface area contributed by atoms with Crippen molar-refractivity contribution in [2.75, 3.05) is 27.3 Å². The standard InChI is InChI=1S/C21H22N4O7S/c1-30-18-10-5-14(12-19(18)31-2)20-22-21(32-23-20)15-4-3-11-24(13-15)33(28,29)17-8-6-16(7-9-17)25(26)27/h5-10,12,15H,3-4,11,13H2,1-2H3/t15-/m1/s1. The minimum absolute atomic E-state index is 0.00490. The molecular weight excluding hydrogens is 452 g/mol. The molecule has 0 bridgehead atoms. The Morgan fingerprint density at radius 2 is 1.85 bits per heavy atom. The van der Waals surface area contributed by atoms with Gasteiger partial charge in [0.2, 0.25) is 21.7 Å². The maximum atomic E-state index is 13.1. The lowest BCUT2D eigenvalue weighted by Crippen LogP contribution is -2.39. The van der Waals surface area contributed by atoms with Gasteiger partial charge in [-0.2, -0.15) is 9.29 Å². The Bertz CT molecular complexity index is 1260. The van der Waals surface area contributed by atoms with Crippen LogP contribution in [-0.4, -0.2) is 55.1 Å². The van der Waals surface area contributed by atoms with Gasteiger partial charge in [0.15, 0.2) is 11.5 Å². The number of hydrogen-bond acceptors (Lipinski definition) is 9. The van der Waals surface area contributed by atoms with Gasteiger partial charge in [-0.05, 0) is 43.2 Å². The number of rotatable bonds is 7. The second-order valence-corrected chi connectivity index (χ2v) is 9.42. The van der Waals surface area contributed by atoms with Crippen LogP contribution in [0.5, 0.6) is 11.5 Å². The summed E-state index contributed by atoms with van der Waals surface area (Å²) in [6, 6.07) is 10.1. The number of nitro groups is 1. The molecule has 12 heteroatoms. The highest BCUT2D eigenvalue weighted by Gasteiger charge is 2.33. The van der Waals surface area contributed by atoms with Gasteiger partial charge >= 0.3 is 0 Å². The normalized spacial score (nSPS) is 17.0.